The van der Waals surface area contributed by atoms with Crippen molar-refractivity contribution < 1.29 is 9.13 Å². The SMILES string of the molecule is COCC1CCN(C(CN)c2cc(Br)ccc2F)CC1. The summed E-state index contributed by atoms with van der Waals surface area (Å²) >= 11 is 3.41. The number of methoxy groups -OCH3 is 1. The van der Waals surface area contributed by atoms with E-state index in [4.69, 9.17) is 10.5 Å². The van der Waals surface area contributed by atoms with Gasteiger partial charge in [0.25, 0.3) is 0 Å². The average molecular weight is 345 g/mol. The van der Waals surface area contributed by atoms with Crippen molar-refractivity contribution in [2.75, 3.05) is 33.4 Å². The van der Waals surface area contributed by atoms with Gasteiger partial charge >= 0.3 is 0 Å². The second kappa shape index (κ2) is 7.50. The Morgan fingerprint density at radius 1 is 1.45 bits per heavy atom. The van der Waals surface area contributed by atoms with Gasteiger partial charge in [0.2, 0.25) is 0 Å². The van der Waals surface area contributed by atoms with Gasteiger partial charge in [0.05, 0.1) is 0 Å². The Hall–Kier alpha value is -0.490. The first-order chi connectivity index (χ1) is 9.65. The largest absolute Gasteiger partial charge is 0.384 e. The van der Waals surface area contributed by atoms with E-state index in [9.17, 15) is 4.39 Å². The Bertz CT molecular complexity index is 436. The number of nitrogens with zero attached hydrogens (tertiary/aromatic N) is 1. The molecule has 1 atom stereocenters. The molecule has 1 aromatic carbocycles. The summed E-state index contributed by atoms with van der Waals surface area (Å²) in [5, 5.41) is 0. The van der Waals surface area contributed by atoms with E-state index in [0.717, 1.165) is 37.0 Å². The number of rotatable bonds is 5. The molecular weight excluding hydrogens is 323 g/mol. The van der Waals surface area contributed by atoms with Gasteiger partial charge in [0.1, 0.15) is 5.82 Å². The fourth-order valence-corrected chi connectivity index (χ4v) is 3.29. The van der Waals surface area contributed by atoms with Crippen molar-refractivity contribution in [2.24, 2.45) is 11.7 Å². The normalized spacial score (nSPS) is 19.2. The van der Waals surface area contributed by atoms with Gasteiger partial charge < -0.3 is 10.5 Å². The molecule has 0 amide bonds. The third kappa shape index (κ3) is 3.79. The Morgan fingerprint density at radius 2 is 2.15 bits per heavy atom. The first-order valence-corrected chi connectivity index (χ1v) is 7.83. The fourth-order valence-electron chi connectivity index (χ4n) is 2.91. The van der Waals surface area contributed by atoms with Crippen LogP contribution in [0.4, 0.5) is 4.39 Å². The molecular formula is C15H22BrFN2O. The molecule has 2 rings (SSSR count). The van der Waals surface area contributed by atoms with Gasteiger partial charge in [0, 0.05) is 36.3 Å². The molecule has 112 valence electrons. The van der Waals surface area contributed by atoms with Crippen LogP contribution in [0.1, 0.15) is 24.4 Å². The summed E-state index contributed by atoms with van der Waals surface area (Å²) < 4.78 is 20.1. The van der Waals surface area contributed by atoms with Crippen molar-refractivity contribution in [1.29, 1.82) is 0 Å². The third-order valence-electron chi connectivity index (χ3n) is 4.03. The van der Waals surface area contributed by atoms with Crippen molar-refractivity contribution in [3.05, 3.63) is 34.1 Å². The number of ether oxygens (including phenoxy) is 1. The standard InChI is InChI=1S/C15H22BrFN2O/c1-20-10-11-4-6-19(7-5-11)15(9-18)13-8-12(16)2-3-14(13)17/h2-3,8,11,15H,4-7,9-10,18H2,1H3. The topological polar surface area (TPSA) is 38.5 Å². The van der Waals surface area contributed by atoms with Crippen molar-refractivity contribution in [3.63, 3.8) is 0 Å². The maximum Gasteiger partial charge on any atom is 0.128 e. The van der Waals surface area contributed by atoms with Crippen LogP contribution in [0, 0.1) is 11.7 Å². The zero-order valence-corrected chi connectivity index (χ0v) is 13.4. The maximum atomic E-state index is 14.0. The van der Waals surface area contributed by atoms with Gasteiger partial charge in [-0.1, -0.05) is 15.9 Å². The average Bonchev–Trinajstić information content (AvgIpc) is 2.45. The summed E-state index contributed by atoms with van der Waals surface area (Å²) in [7, 11) is 1.74. The molecule has 0 radical (unpaired) electrons. The highest BCUT2D eigenvalue weighted by atomic mass is 79.9. The summed E-state index contributed by atoms with van der Waals surface area (Å²) in [5.41, 5.74) is 6.59. The summed E-state index contributed by atoms with van der Waals surface area (Å²) in [4.78, 5) is 2.29. The number of hydrogen-bond acceptors (Lipinski definition) is 3. The van der Waals surface area contributed by atoms with Crippen molar-refractivity contribution in [2.45, 2.75) is 18.9 Å². The number of piperidine rings is 1. The summed E-state index contributed by atoms with van der Waals surface area (Å²) in [6.07, 6.45) is 2.17. The molecule has 1 aliphatic rings. The van der Waals surface area contributed by atoms with Gasteiger partial charge in [-0.25, -0.2) is 4.39 Å². The molecule has 2 N–H and O–H groups in total. The highest BCUT2D eigenvalue weighted by Gasteiger charge is 2.27. The van der Waals surface area contributed by atoms with E-state index in [0.29, 0.717) is 18.0 Å². The second-order valence-electron chi connectivity index (χ2n) is 5.35. The molecule has 1 aromatic rings. The van der Waals surface area contributed by atoms with Gasteiger partial charge in [0.15, 0.2) is 0 Å². The minimum absolute atomic E-state index is 0.0454. The monoisotopic (exact) mass is 344 g/mol. The van der Waals surface area contributed by atoms with Gasteiger partial charge in [-0.3, -0.25) is 4.90 Å². The Kier molecular flexibility index (Phi) is 5.96. The van der Waals surface area contributed by atoms with Crippen molar-refractivity contribution in [3.8, 4) is 0 Å². The first kappa shape index (κ1) is 15.9. The van der Waals surface area contributed by atoms with E-state index in [2.05, 4.69) is 20.8 Å². The molecule has 0 aliphatic carbocycles. The van der Waals surface area contributed by atoms with Crippen LogP contribution < -0.4 is 5.73 Å². The lowest BCUT2D eigenvalue weighted by molar-refractivity contribution is 0.0802. The molecule has 1 unspecified atom stereocenters. The number of likely N-dealkylation sites (tertiary alicyclic amines) is 1. The number of halogens is 2. The Morgan fingerprint density at radius 3 is 2.75 bits per heavy atom. The predicted molar refractivity (Wildman–Crippen MR) is 82.1 cm³/mol. The molecule has 3 nitrogen and oxygen atoms in total. The molecule has 1 saturated heterocycles. The maximum absolute atomic E-state index is 14.0. The highest BCUT2D eigenvalue weighted by molar-refractivity contribution is 9.10. The minimum Gasteiger partial charge on any atom is -0.384 e. The molecule has 0 saturated carbocycles. The molecule has 0 bridgehead atoms. The van der Waals surface area contributed by atoms with Crippen LogP contribution in [0.3, 0.4) is 0 Å². The number of hydrogen-bond donors (Lipinski definition) is 1. The third-order valence-corrected chi connectivity index (χ3v) is 4.53. The van der Waals surface area contributed by atoms with E-state index in [-0.39, 0.29) is 11.9 Å². The lowest BCUT2D eigenvalue weighted by Gasteiger charge is -2.37. The second-order valence-corrected chi connectivity index (χ2v) is 6.27. The summed E-state index contributed by atoms with van der Waals surface area (Å²) in [5.74, 6) is 0.435. The van der Waals surface area contributed by atoms with Crippen LogP contribution in [0.2, 0.25) is 0 Å². The lowest BCUT2D eigenvalue weighted by Crippen LogP contribution is -2.40. The van der Waals surface area contributed by atoms with Crippen LogP contribution in [-0.2, 0) is 4.74 Å². The van der Waals surface area contributed by atoms with E-state index in [1.807, 2.05) is 6.07 Å². The molecule has 0 spiro atoms. The smallest absolute Gasteiger partial charge is 0.128 e. The van der Waals surface area contributed by atoms with E-state index in [1.54, 1.807) is 13.2 Å². The van der Waals surface area contributed by atoms with Crippen LogP contribution in [-0.4, -0.2) is 38.3 Å². The zero-order chi connectivity index (χ0) is 14.5. The Balaban J connectivity index is 2.07. The van der Waals surface area contributed by atoms with Gasteiger partial charge in [-0.2, -0.15) is 0 Å². The molecule has 0 aromatic heterocycles. The summed E-state index contributed by atoms with van der Waals surface area (Å²) in [6.45, 7) is 3.14. The molecule has 1 aliphatic heterocycles. The minimum atomic E-state index is -0.178. The quantitative estimate of drug-likeness (QED) is 0.892. The first-order valence-electron chi connectivity index (χ1n) is 7.03. The van der Waals surface area contributed by atoms with Crippen LogP contribution in [0.15, 0.2) is 22.7 Å². The molecule has 1 heterocycles. The van der Waals surface area contributed by atoms with Crippen LogP contribution in [0.25, 0.3) is 0 Å². The lowest BCUT2D eigenvalue weighted by atomic mass is 9.94. The predicted octanol–water partition coefficient (Wildman–Crippen LogP) is 2.95. The summed E-state index contributed by atoms with van der Waals surface area (Å²) in [6, 6.07) is 5.02. The highest BCUT2D eigenvalue weighted by Crippen LogP contribution is 2.29. The fraction of sp³-hybridized carbons (Fsp3) is 0.600. The Labute approximate surface area is 128 Å². The zero-order valence-electron chi connectivity index (χ0n) is 11.8. The molecule has 20 heavy (non-hydrogen) atoms. The molecule has 5 heteroatoms. The van der Waals surface area contributed by atoms with Gasteiger partial charge in [-0.05, 0) is 50.0 Å². The van der Waals surface area contributed by atoms with Crippen LogP contribution >= 0.6 is 15.9 Å². The van der Waals surface area contributed by atoms with Gasteiger partial charge in [-0.15, -0.1) is 0 Å². The van der Waals surface area contributed by atoms with Crippen molar-refractivity contribution in [1.82, 2.24) is 4.90 Å². The number of benzene rings is 1. The van der Waals surface area contributed by atoms with Crippen molar-refractivity contribution >= 4 is 15.9 Å². The van der Waals surface area contributed by atoms with E-state index >= 15 is 0 Å². The number of nitrogens with two attached hydrogens (primary N) is 1. The van der Waals surface area contributed by atoms with E-state index < -0.39 is 0 Å². The van der Waals surface area contributed by atoms with Crippen LogP contribution in [0.5, 0.6) is 0 Å². The van der Waals surface area contributed by atoms with E-state index in [1.165, 1.54) is 6.07 Å². The molecule has 1 fully saturated rings.